The maximum Gasteiger partial charge on any atom is 0.338 e. The molecular weight excluding hydrogens is 256 g/mol. The molecule has 0 aliphatic carbocycles. The quantitative estimate of drug-likeness (QED) is 0.755. The van der Waals surface area contributed by atoms with Gasteiger partial charge in [0.2, 0.25) is 0 Å². The highest BCUT2D eigenvalue weighted by atomic mass is 32.2. The Morgan fingerprint density at radius 3 is 2.16 bits per heavy atom. The molecule has 1 aromatic carbocycles. The van der Waals surface area contributed by atoms with Crippen LogP contribution in [0.1, 0.15) is 50.9 Å². The zero-order chi connectivity index (χ0) is 14.1. The molecule has 2 nitrogen and oxygen atoms in total. The van der Waals surface area contributed by atoms with Crippen molar-refractivity contribution in [3.8, 4) is 0 Å². The molecule has 0 saturated carbocycles. The molecule has 0 radical (unpaired) electrons. The average Bonchev–Trinajstić information content (AvgIpc) is 2.25. The largest absolute Gasteiger partial charge is 0.459 e. The second-order valence-electron chi connectivity index (χ2n) is 6.42. The van der Waals surface area contributed by atoms with Crippen LogP contribution in [0.5, 0.6) is 0 Å². The van der Waals surface area contributed by atoms with E-state index >= 15 is 0 Å². The Kier molecular flexibility index (Phi) is 3.95. The zero-order valence-electron chi connectivity index (χ0n) is 12.1. The first kappa shape index (κ1) is 14.4. The van der Waals surface area contributed by atoms with Crippen LogP contribution in [0.15, 0.2) is 30.3 Å². The van der Waals surface area contributed by atoms with Crippen molar-refractivity contribution in [2.75, 3.05) is 0 Å². The van der Waals surface area contributed by atoms with E-state index in [4.69, 9.17) is 4.74 Å². The lowest BCUT2D eigenvalue weighted by atomic mass is 9.95. The van der Waals surface area contributed by atoms with Crippen LogP contribution >= 0.6 is 11.8 Å². The average molecular weight is 278 g/mol. The minimum Gasteiger partial charge on any atom is -0.459 e. The summed E-state index contributed by atoms with van der Waals surface area (Å²) in [6, 6.07) is 9.23. The molecule has 0 amide bonds. The van der Waals surface area contributed by atoms with Crippen LogP contribution in [0.2, 0.25) is 0 Å². The Bertz CT molecular complexity index is 435. The van der Waals surface area contributed by atoms with E-state index in [0.29, 0.717) is 5.56 Å². The van der Waals surface area contributed by atoms with E-state index in [2.05, 4.69) is 27.7 Å². The van der Waals surface area contributed by atoms with Crippen molar-refractivity contribution in [2.24, 2.45) is 0 Å². The summed E-state index contributed by atoms with van der Waals surface area (Å²) < 4.78 is 6.01. The fraction of sp³-hybridized carbons (Fsp3) is 0.562. The molecule has 0 atom stereocenters. The fourth-order valence-corrected chi connectivity index (χ4v) is 4.91. The first-order valence-corrected chi connectivity index (χ1v) is 7.55. The first-order valence-electron chi connectivity index (χ1n) is 6.74. The molecule has 0 unspecified atom stereocenters. The molecule has 1 aliphatic heterocycles. The smallest absolute Gasteiger partial charge is 0.338 e. The van der Waals surface area contributed by atoms with Gasteiger partial charge in [-0.15, -0.1) is 11.8 Å². The lowest BCUT2D eigenvalue weighted by molar-refractivity contribution is 0.0207. The Morgan fingerprint density at radius 2 is 1.63 bits per heavy atom. The maximum absolute atomic E-state index is 12.1. The molecule has 0 spiro atoms. The van der Waals surface area contributed by atoms with Crippen LogP contribution < -0.4 is 0 Å². The highest BCUT2D eigenvalue weighted by Gasteiger charge is 2.40. The van der Waals surface area contributed by atoms with Crippen LogP contribution in [0.25, 0.3) is 0 Å². The van der Waals surface area contributed by atoms with Gasteiger partial charge < -0.3 is 4.74 Å². The standard InChI is InChI=1S/C16H22O2S/c1-15(2)10-13(11-16(3,4)19-15)18-14(17)12-8-6-5-7-9-12/h5-9,13H,10-11H2,1-4H3. The number of benzene rings is 1. The summed E-state index contributed by atoms with van der Waals surface area (Å²) in [5, 5.41) is 0. The topological polar surface area (TPSA) is 26.3 Å². The number of hydrogen-bond donors (Lipinski definition) is 0. The predicted molar refractivity (Wildman–Crippen MR) is 80.6 cm³/mol. The van der Waals surface area contributed by atoms with Crippen molar-refractivity contribution in [3.63, 3.8) is 0 Å². The minimum absolute atomic E-state index is 0.0129. The van der Waals surface area contributed by atoms with Crippen molar-refractivity contribution in [1.82, 2.24) is 0 Å². The van der Waals surface area contributed by atoms with Gasteiger partial charge in [-0.25, -0.2) is 4.79 Å². The molecule has 0 aromatic heterocycles. The molecule has 19 heavy (non-hydrogen) atoms. The van der Waals surface area contributed by atoms with Crippen LogP contribution in [-0.4, -0.2) is 21.6 Å². The van der Waals surface area contributed by atoms with E-state index in [-0.39, 0.29) is 21.6 Å². The number of carbonyl (C=O) groups is 1. The fourth-order valence-electron chi connectivity index (χ4n) is 2.88. The second-order valence-corrected chi connectivity index (χ2v) is 8.84. The number of ether oxygens (including phenoxy) is 1. The molecule has 1 heterocycles. The zero-order valence-corrected chi connectivity index (χ0v) is 12.9. The first-order chi connectivity index (χ1) is 8.77. The molecule has 1 fully saturated rings. The van der Waals surface area contributed by atoms with Gasteiger partial charge in [0.1, 0.15) is 6.10 Å². The molecule has 2 rings (SSSR count). The van der Waals surface area contributed by atoms with Gasteiger partial charge in [0.15, 0.2) is 0 Å². The van der Waals surface area contributed by atoms with Crippen LogP contribution in [-0.2, 0) is 4.74 Å². The summed E-state index contributed by atoms with van der Waals surface area (Å²) in [7, 11) is 0. The van der Waals surface area contributed by atoms with Gasteiger partial charge in [-0.1, -0.05) is 45.9 Å². The Hall–Kier alpha value is -0.960. The van der Waals surface area contributed by atoms with E-state index in [1.165, 1.54) is 0 Å². The van der Waals surface area contributed by atoms with Gasteiger partial charge in [-0.3, -0.25) is 0 Å². The number of carbonyl (C=O) groups excluding carboxylic acids is 1. The summed E-state index contributed by atoms with van der Waals surface area (Å²) in [5.41, 5.74) is 0.635. The van der Waals surface area contributed by atoms with Gasteiger partial charge in [0.25, 0.3) is 0 Å². The summed E-state index contributed by atoms with van der Waals surface area (Å²) in [6.07, 6.45) is 1.85. The van der Waals surface area contributed by atoms with Gasteiger partial charge >= 0.3 is 5.97 Å². The Labute approximate surface area is 119 Å². The van der Waals surface area contributed by atoms with Crippen molar-refractivity contribution in [2.45, 2.75) is 56.1 Å². The van der Waals surface area contributed by atoms with Crippen molar-refractivity contribution < 1.29 is 9.53 Å². The van der Waals surface area contributed by atoms with Gasteiger partial charge in [-0.05, 0) is 25.0 Å². The number of esters is 1. The summed E-state index contributed by atoms with van der Waals surface area (Å²) in [6.45, 7) is 8.90. The van der Waals surface area contributed by atoms with E-state index in [1.807, 2.05) is 30.0 Å². The van der Waals surface area contributed by atoms with Crippen molar-refractivity contribution >= 4 is 17.7 Å². The van der Waals surface area contributed by atoms with Crippen LogP contribution in [0.4, 0.5) is 0 Å². The third-order valence-electron chi connectivity index (χ3n) is 3.27. The van der Waals surface area contributed by atoms with E-state index < -0.39 is 0 Å². The third kappa shape index (κ3) is 4.00. The Balaban J connectivity index is 2.05. The van der Waals surface area contributed by atoms with Gasteiger partial charge in [0, 0.05) is 9.49 Å². The number of hydrogen-bond acceptors (Lipinski definition) is 3. The van der Waals surface area contributed by atoms with E-state index in [0.717, 1.165) is 12.8 Å². The van der Waals surface area contributed by atoms with Crippen molar-refractivity contribution in [1.29, 1.82) is 0 Å². The van der Waals surface area contributed by atoms with Crippen molar-refractivity contribution in [3.05, 3.63) is 35.9 Å². The van der Waals surface area contributed by atoms with Crippen LogP contribution in [0, 0.1) is 0 Å². The lowest BCUT2D eigenvalue weighted by Crippen LogP contribution is -2.41. The van der Waals surface area contributed by atoms with Gasteiger partial charge in [0.05, 0.1) is 5.56 Å². The number of rotatable bonds is 2. The lowest BCUT2D eigenvalue weighted by Gasteiger charge is -2.43. The molecule has 1 aromatic rings. The predicted octanol–water partition coefficient (Wildman–Crippen LogP) is 4.30. The highest BCUT2D eigenvalue weighted by molar-refractivity contribution is 8.01. The number of thioether (sulfide) groups is 1. The Morgan fingerprint density at radius 1 is 1.11 bits per heavy atom. The summed E-state index contributed by atoms with van der Waals surface area (Å²) >= 11 is 1.98. The maximum atomic E-state index is 12.1. The SMILES string of the molecule is CC1(C)CC(OC(=O)c2ccccc2)CC(C)(C)S1. The highest BCUT2D eigenvalue weighted by Crippen LogP contribution is 2.47. The molecule has 104 valence electrons. The molecule has 1 aliphatic rings. The summed E-state index contributed by atoms with van der Waals surface area (Å²) in [5.74, 6) is -0.205. The molecule has 0 bridgehead atoms. The monoisotopic (exact) mass is 278 g/mol. The van der Waals surface area contributed by atoms with Gasteiger partial charge in [-0.2, -0.15) is 0 Å². The third-order valence-corrected chi connectivity index (χ3v) is 4.71. The molecule has 3 heteroatoms. The molecule has 1 saturated heterocycles. The normalized spacial score (nSPS) is 21.9. The van der Waals surface area contributed by atoms with E-state index in [1.54, 1.807) is 12.1 Å². The molecular formula is C16H22O2S. The van der Waals surface area contributed by atoms with E-state index in [9.17, 15) is 4.79 Å². The van der Waals surface area contributed by atoms with Crippen LogP contribution in [0.3, 0.4) is 0 Å². The molecule has 0 N–H and O–H groups in total. The summed E-state index contributed by atoms with van der Waals surface area (Å²) in [4.78, 5) is 12.1. The second kappa shape index (κ2) is 5.20. The minimum atomic E-state index is -0.205.